The van der Waals surface area contributed by atoms with Gasteiger partial charge in [-0.25, -0.2) is 4.79 Å². The summed E-state index contributed by atoms with van der Waals surface area (Å²) in [4.78, 5) is 20.4. The van der Waals surface area contributed by atoms with E-state index in [1.807, 2.05) is 27.8 Å². The van der Waals surface area contributed by atoms with Crippen LogP contribution in [0.4, 0.5) is 4.79 Å². The number of hydrogen-bond donors (Lipinski definition) is 1. The van der Waals surface area contributed by atoms with Gasteiger partial charge in [-0.15, -0.1) is 0 Å². The van der Waals surface area contributed by atoms with E-state index in [0.717, 1.165) is 58.1 Å². The Balaban J connectivity index is 2.33. The van der Waals surface area contributed by atoms with Crippen molar-refractivity contribution >= 4 is 12.1 Å². The van der Waals surface area contributed by atoms with Gasteiger partial charge in [0.15, 0.2) is 5.96 Å². The van der Waals surface area contributed by atoms with Crippen LogP contribution in [0.2, 0.25) is 0 Å². The fraction of sp³-hybridized carbons (Fsp3) is 0.905. The van der Waals surface area contributed by atoms with Gasteiger partial charge < -0.3 is 29.3 Å². The summed E-state index contributed by atoms with van der Waals surface area (Å²) in [6.45, 7) is 12.5. The molecule has 0 aliphatic carbocycles. The normalized spacial score (nSPS) is 17.2. The number of likely N-dealkylation sites (tertiary alicyclic amines) is 1. The van der Waals surface area contributed by atoms with Crippen LogP contribution in [0.25, 0.3) is 0 Å². The van der Waals surface area contributed by atoms with Crippen LogP contribution in [0.3, 0.4) is 0 Å². The molecular weight excluding hydrogens is 372 g/mol. The average Bonchev–Trinajstić information content (AvgIpc) is 2.65. The van der Waals surface area contributed by atoms with E-state index in [-0.39, 0.29) is 12.0 Å². The third-order valence-corrected chi connectivity index (χ3v) is 4.70. The van der Waals surface area contributed by atoms with Crippen LogP contribution in [0.5, 0.6) is 0 Å². The first-order valence-corrected chi connectivity index (χ1v) is 10.7. The number of carbonyl (C=O) groups is 1. The molecule has 0 radical (unpaired) electrons. The minimum atomic E-state index is -0.478. The summed E-state index contributed by atoms with van der Waals surface area (Å²) >= 11 is 0. The van der Waals surface area contributed by atoms with E-state index < -0.39 is 5.60 Å². The number of aliphatic imine (C=N–C) groups is 1. The summed E-state index contributed by atoms with van der Waals surface area (Å²) in [6, 6.07) is 0. The molecule has 0 spiro atoms. The second-order valence-electron chi connectivity index (χ2n) is 8.80. The fourth-order valence-corrected chi connectivity index (χ4v) is 3.23. The summed E-state index contributed by atoms with van der Waals surface area (Å²) in [5, 5.41) is 3.45. The average molecular weight is 415 g/mol. The van der Waals surface area contributed by atoms with Crippen LogP contribution < -0.4 is 5.32 Å². The molecule has 1 heterocycles. The fourth-order valence-electron chi connectivity index (χ4n) is 3.23. The molecular formula is C21H42N4O4. The molecule has 1 aliphatic rings. The van der Waals surface area contributed by atoms with Crippen LogP contribution in [0.1, 0.15) is 47.0 Å². The largest absolute Gasteiger partial charge is 0.444 e. The number of carbonyl (C=O) groups excluding carboxylic acids is 1. The van der Waals surface area contributed by atoms with E-state index in [1.165, 1.54) is 0 Å². The van der Waals surface area contributed by atoms with Crippen LogP contribution in [-0.4, -0.2) is 94.2 Å². The Morgan fingerprint density at radius 2 is 1.93 bits per heavy atom. The van der Waals surface area contributed by atoms with E-state index in [0.29, 0.717) is 12.6 Å². The molecule has 1 aliphatic heterocycles. The summed E-state index contributed by atoms with van der Waals surface area (Å²) < 4.78 is 16.4. The molecule has 1 atom stereocenters. The molecule has 1 fully saturated rings. The van der Waals surface area contributed by atoms with Gasteiger partial charge in [-0.2, -0.15) is 0 Å². The van der Waals surface area contributed by atoms with E-state index in [4.69, 9.17) is 14.2 Å². The van der Waals surface area contributed by atoms with Crippen molar-refractivity contribution in [1.82, 2.24) is 15.1 Å². The van der Waals surface area contributed by atoms with Crippen LogP contribution in [-0.2, 0) is 14.2 Å². The van der Waals surface area contributed by atoms with Crippen molar-refractivity contribution in [3.63, 3.8) is 0 Å². The Morgan fingerprint density at radius 1 is 1.28 bits per heavy atom. The first kappa shape index (κ1) is 25.5. The monoisotopic (exact) mass is 414 g/mol. The lowest BCUT2D eigenvalue weighted by Crippen LogP contribution is -2.48. The molecule has 1 N–H and O–H groups in total. The number of ether oxygens (including phenoxy) is 3. The maximum atomic E-state index is 12.1. The topological polar surface area (TPSA) is 75.6 Å². The molecule has 8 nitrogen and oxygen atoms in total. The van der Waals surface area contributed by atoms with Crippen molar-refractivity contribution in [2.75, 3.05) is 60.6 Å². The van der Waals surface area contributed by atoms with Gasteiger partial charge in [0.2, 0.25) is 0 Å². The molecule has 29 heavy (non-hydrogen) atoms. The summed E-state index contributed by atoms with van der Waals surface area (Å²) in [6.07, 6.45) is 2.98. The molecule has 0 aromatic heterocycles. The zero-order valence-corrected chi connectivity index (χ0v) is 19.5. The Kier molecular flexibility index (Phi) is 11.3. The van der Waals surface area contributed by atoms with E-state index >= 15 is 0 Å². The van der Waals surface area contributed by atoms with Gasteiger partial charge in [0, 0.05) is 60.6 Å². The lowest BCUT2D eigenvalue weighted by molar-refractivity contribution is 0.00988. The number of piperidine rings is 1. The Bertz CT molecular complexity index is 499. The quantitative estimate of drug-likeness (QED) is 0.355. The van der Waals surface area contributed by atoms with Crippen molar-refractivity contribution in [2.24, 2.45) is 10.9 Å². The third kappa shape index (κ3) is 10.7. The minimum Gasteiger partial charge on any atom is -0.444 e. The first-order valence-electron chi connectivity index (χ1n) is 10.7. The van der Waals surface area contributed by atoms with E-state index in [1.54, 1.807) is 19.1 Å². The summed E-state index contributed by atoms with van der Waals surface area (Å²) in [7, 11) is 5.30. The molecule has 1 rings (SSSR count). The zero-order valence-electron chi connectivity index (χ0n) is 19.5. The van der Waals surface area contributed by atoms with Crippen molar-refractivity contribution in [2.45, 2.75) is 58.7 Å². The second kappa shape index (κ2) is 12.9. The van der Waals surface area contributed by atoms with E-state index in [2.05, 4.69) is 22.1 Å². The number of nitrogens with one attached hydrogen (secondary N) is 1. The van der Waals surface area contributed by atoms with Crippen molar-refractivity contribution in [3.05, 3.63) is 0 Å². The standard InChI is InChI=1S/C21H42N4O4/c1-17(16-24(6)20(26)29-21(2,3)4)15-23-19(22-5)25-11-9-18(10-12-25)28-14-8-13-27-7/h17-18H,8-16H2,1-7H3,(H,22,23). The molecule has 8 heteroatoms. The third-order valence-electron chi connectivity index (χ3n) is 4.70. The second-order valence-corrected chi connectivity index (χ2v) is 8.80. The van der Waals surface area contributed by atoms with Crippen molar-refractivity contribution in [1.29, 1.82) is 0 Å². The van der Waals surface area contributed by atoms with Gasteiger partial charge in [0.1, 0.15) is 5.60 Å². The minimum absolute atomic E-state index is 0.269. The van der Waals surface area contributed by atoms with Gasteiger partial charge in [-0.3, -0.25) is 4.99 Å². The molecule has 1 saturated heterocycles. The maximum absolute atomic E-state index is 12.1. The highest BCUT2D eigenvalue weighted by Crippen LogP contribution is 2.14. The molecule has 1 unspecified atom stereocenters. The molecule has 1 amide bonds. The van der Waals surface area contributed by atoms with Crippen molar-refractivity contribution in [3.8, 4) is 0 Å². The highest BCUT2D eigenvalue weighted by Gasteiger charge is 2.23. The van der Waals surface area contributed by atoms with E-state index in [9.17, 15) is 4.79 Å². The van der Waals surface area contributed by atoms with Gasteiger partial charge in [-0.1, -0.05) is 6.92 Å². The number of rotatable bonds is 9. The molecule has 0 aromatic rings. The van der Waals surface area contributed by atoms with Crippen molar-refractivity contribution < 1.29 is 19.0 Å². The number of methoxy groups -OCH3 is 1. The maximum Gasteiger partial charge on any atom is 0.410 e. The highest BCUT2D eigenvalue weighted by molar-refractivity contribution is 5.80. The summed E-state index contributed by atoms with van der Waals surface area (Å²) in [5.41, 5.74) is -0.478. The van der Waals surface area contributed by atoms with Crippen LogP contribution in [0.15, 0.2) is 4.99 Å². The first-order chi connectivity index (χ1) is 13.7. The van der Waals surface area contributed by atoms with Crippen LogP contribution in [0, 0.1) is 5.92 Å². The number of amides is 1. The lowest BCUT2D eigenvalue weighted by atomic mass is 10.1. The predicted molar refractivity (Wildman–Crippen MR) is 116 cm³/mol. The lowest BCUT2D eigenvalue weighted by Gasteiger charge is -2.34. The zero-order chi connectivity index (χ0) is 21.9. The molecule has 0 aromatic carbocycles. The smallest absolute Gasteiger partial charge is 0.410 e. The van der Waals surface area contributed by atoms with Gasteiger partial charge in [0.25, 0.3) is 0 Å². The Hall–Kier alpha value is -1.54. The predicted octanol–water partition coefficient (Wildman–Crippen LogP) is 2.58. The number of guanidine groups is 1. The highest BCUT2D eigenvalue weighted by atomic mass is 16.6. The van der Waals surface area contributed by atoms with Gasteiger partial charge in [-0.05, 0) is 46.0 Å². The van der Waals surface area contributed by atoms with Gasteiger partial charge in [0.05, 0.1) is 6.10 Å². The summed E-state index contributed by atoms with van der Waals surface area (Å²) in [5.74, 6) is 1.18. The SMILES string of the molecule is CN=C(NCC(C)CN(C)C(=O)OC(C)(C)C)N1CCC(OCCCOC)CC1. The Labute approximate surface area is 176 Å². The molecule has 0 bridgehead atoms. The van der Waals surface area contributed by atoms with Gasteiger partial charge >= 0.3 is 6.09 Å². The Morgan fingerprint density at radius 3 is 2.48 bits per heavy atom. The number of hydrogen-bond acceptors (Lipinski definition) is 5. The molecule has 0 saturated carbocycles. The number of nitrogens with zero attached hydrogens (tertiary/aromatic N) is 3. The molecule has 170 valence electrons. The van der Waals surface area contributed by atoms with Crippen LogP contribution >= 0.6 is 0 Å².